The molecular weight excluding hydrogens is 184 g/mol. The first kappa shape index (κ1) is 12.2. The number of hydrogen-bond donors (Lipinski definition) is 0. The van der Waals surface area contributed by atoms with Crippen molar-refractivity contribution in [1.82, 2.24) is 0 Å². The van der Waals surface area contributed by atoms with Crippen LogP contribution in [-0.2, 0) is 0 Å². The number of rotatable bonds is 9. The lowest BCUT2D eigenvalue weighted by molar-refractivity contribution is 0.908. The molecule has 0 bridgehead atoms. The van der Waals surface area contributed by atoms with Gasteiger partial charge in [-0.3, -0.25) is 0 Å². The maximum absolute atomic E-state index is 3.68. The molecule has 0 aliphatic rings. The fourth-order valence-electron chi connectivity index (χ4n) is 0.742. The SMILES string of the molecule is C=CCSCCCCSCC=C. The summed E-state index contributed by atoms with van der Waals surface area (Å²) in [5.41, 5.74) is 0. The zero-order valence-electron chi connectivity index (χ0n) is 7.63. The van der Waals surface area contributed by atoms with Crippen LogP contribution in [0, 0.1) is 0 Å². The number of hydrogen-bond acceptors (Lipinski definition) is 2. The van der Waals surface area contributed by atoms with Gasteiger partial charge in [-0.2, -0.15) is 23.5 Å². The van der Waals surface area contributed by atoms with Crippen LogP contribution < -0.4 is 0 Å². The highest BCUT2D eigenvalue weighted by Crippen LogP contribution is 2.08. The summed E-state index contributed by atoms with van der Waals surface area (Å²) < 4.78 is 0. The second-order valence-corrected chi connectivity index (χ2v) is 4.73. The van der Waals surface area contributed by atoms with Gasteiger partial charge in [-0.15, -0.1) is 13.2 Å². The van der Waals surface area contributed by atoms with E-state index in [2.05, 4.69) is 13.2 Å². The molecule has 0 aliphatic carbocycles. The molecule has 0 nitrogen and oxygen atoms in total. The van der Waals surface area contributed by atoms with Crippen LogP contribution in [0.15, 0.2) is 25.3 Å². The quantitative estimate of drug-likeness (QED) is 0.414. The molecule has 0 amide bonds. The first-order chi connectivity index (χ1) is 5.91. The van der Waals surface area contributed by atoms with Gasteiger partial charge in [-0.05, 0) is 24.3 Å². The smallest absolute Gasteiger partial charge is 0.0110 e. The second kappa shape index (κ2) is 11.2. The van der Waals surface area contributed by atoms with Crippen molar-refractivity contribution in [2.24, 2.45) is 0 Å². The van der Waals surface area contributed by atoms with Crippen LogP contribution >= 0.6 is 23.5 Å². The summed E-state index contributed by atoms with van der Waals surface area (Å²) in [7, 11) is 0. The van der Waals surface area contributed by atoms with Crippen molar-refractivity contribution < 1.29 is 0 Å². The highest BCUT2D eigenvalue weighted by atomic mass is 32.2. The van der Waals surface area contributed by atoms with Gasteiger partial charge in [0.05, 0.1) is 0 Å². The second-order valence-electron chi connectivity index (χ2n) is 2.43. The van der Waals surface area contributed by atoms with Crippen LogP contribution in [0.3, 0.4) is 0 Å². The van der Waals surface area contributed by atoms with Crippen molar-refractivity contribution in [3.8, 4) is 0 Å². The van der Waals surface area contributed by atoms with Gasteiger partial charge >= 0.3 is 0 Å². The van der Waals surface area contributed by atoms with Crippen molar-refractivity contribution >= 4 is 23.5 Å². The van der Waals surface area contributed by atoms with Crippen molar-refractivity contribution in [3.63, 3.8) is 0 Å². The Bertz CT molecular complexity index is 96.4. The lowest BCUT2D eigenvalue weighted by Gasteiger charge is -1.98. The Balaban J connectivity index is 2.81. The molecule has 0 heterocycles. The van der Waals surface area contributed by atoms with E-state index in [1.165, 1.54) is 24.3 Å². The highest BCUT2D eigenvalue weighted by molar-refractivity contribution is 7.99. The van der Waals surface area contributed by atoms with Gasteiger partial charge in [0.2, 0.25) is 0 Å². The predicted molar refractivity (Wildman–Crippen MR) is 64.3 cm³/mol. The fraction of sp³-hybridized carbons (Fsp3) is 0.600. The average molecular weight is 202 g/mol. The molecule has 0 aromatic carbocycles. The van der Waals surface area contributed by atoms with E-state index in [1.807, 2.05) is 35.7 Å². The molecule has 0 atom stereocenters. The summed E-state index contributed by atoms with van der Waals surface area (Å²) in [4.78, 5) is 0. The third kappa shape index (κ3) is 10.2. The normalized spacial score (nSPS) is 9.67. The van der Waals surface area contributed by atoms with Crippen molar-refractivity contribution in [2.45, 2.75) is 12.8 Å². The maximum atomic E-state index is 3.68. The molecule has 2 heteroatoms. The molecule has 0 radical (unpaired) electrons. The third-order valence-electron chi connectivity index (χ3n) is 1.30. The largest absolute Gasteiger partial charge is 0.158 e. The summed E-state index contributed by atoms with van der Waals surface area (Å²) in [5, 5.41) is 0. The van der Waals surface area contributed by atoms with E-state index in [-0.39, 0.29) is 0 Å². The minimum atomic E-state index is 1.10. The predicted octanol–water partition coefficient (Wildman–Crippen LogP) is 3.61. The topological polar surface area (TPSA) is 0 Å². The molecule has 0 saturated carbocycles. The Morgan fingerprint density at radius 2 is 1.25 bits per heavy atom. The van der Waals surface area contributed by atoms with E-state index >= 15 is 0 Å². The molecule has 0 unspecified atom stereocenters. The molecule has 0 aliphatic heterocycles. The minimum Gasteiger partial charge on any atom is -0.158 e. The number of unbranched alkanes of at least 4 members (excludes halogenated alkanes) is 1. The van der Waals surface area contributed by atoms with E-state index in [4.69, 9.17) is 0 Å². The summed E-state index contributed by atoms with van der Waals surface area (Å²) >= 11 is 3.94. The first-order valence-electron chi connectivity index (χ1n) is 4.29. The molecule has 70 valence electrons. The Labute approximate surface area is 84.9 Å². The van der Waals surface area contributed by atoms with E-state index in [0.717, 1.165) is 11.5 Å². The molecule has 0 fully saturated rings. The van der Waals surface area contributed by atoms with Gasteiger partial charge in [0, 0.05) is 11.5 Å². The van der Waals surface area contributed by atoms with Crippen LogP contribution in [0.2, 0.25) is 0 Å². The fourth-order valence-corrected chi connectivity index (χ4v) is 2.22. The van der Waals surface area contributed by atoms with Crippen molar-refractivity contribution in [1.29, 1.82) is 0 Å². The summed E-state index contributed by atoms with van der Waals surface area (Å²) in [6.45, 7) is 7.37. The van der Waals surface area contributed by atoms with Crippen LogP contribution in [0.4, 0.5) is 0 Å². The lowest BCUT2D eigenvalue weighted by atomic mass is 10.4. The van der Waals surface area contributed by atoms with E-state index < -0.39 is 0 Å². The highest BCUT2D eigenvalue weighted by Gasteiger charge is 1.88. The molecule has 0 rings (SSSR count). The molecule has 12 heavy (non-hydrogen) atoms. The van der Waals surface area contributed by atoms with Crippen LogP contribution in [0.25, 0.3) is 0 Å². The minimum absolute atomic E-state index is 1.10. The molecule has 0 aromatic rings. The lowest BCUT2D eigenvalue weighted by Crippen LogP contribution is -1.85. The zero-order valence-corrected chi connectivity index (χ0v) is 9.26. The van der Waals surface area contributed by atoms with E-state index in [0.29, 0.717) is 0 Å². The first-order valence-corrected chi connectivity index (χ1v) is 6.60. The van der Waals surface area contributed by atoms with Crippen LogP contribution in [0.5, 0.6) is 0 Å². The van der Waals surface area contributed by atoms with Gasteiger partial charge in [0.15, 0.2) is 0 Å². The Morgan fingerprint density at radius 3 is 1.58 bits per heavy atom. The Morgan fingerprint density at radius 1 is 0.833 bits per heavy atom. The zero-order chi connectivity index (χ0) is 9.07. The average Bonchev–Trinajstić information content (AvgIpc) is 2.10. The van der Waals surface area contributed by atoms with E-state index in [1.54, 1.807) is 0 Å². The molecule has 0 saturated heterocycles. The molecule has 0 spiro atoms. The summed E-state index contributed by atoms with van der Waals surface area (Å²) in [6, 6.07) is 0. The molecule has 0 aromatic heterocycles. The Kier molecular flexibility index (Phi) is 11.3. The van der Waals surface area contributed by atoms with Gasteiger partial charge < -0.3 is 0 Å². The van der Waals surface area contributed by atoms with Crippen molar-refractivity contribution in [2.75, 3.05) is 23.0 Å². The standard InChI is InChI=1S/C10H18S2/c1-3-7-11-9-5-6-10-12-8-4-2/h3-4H,1-2,5-10H2. The summed E-state index contributed by atoms with van der Waals surface area (Å²) in [6.07, 6.45) is 6.61. The van der Waals surface area contributed by atoms with Crippen molar-refractivity contribution in [3.05, 3.63) is 25.3 Å². The monoisotopic (exact) mass is 202 g/mol. The number of thioether (sulfide) groups is 2. The third-order valence-corrected chi connectivity index (χ3v) is 3.40. The van der Waals surface area contributed by atoms with E-state index in [9.17, 15) is 0 Å². The van der Waals surface area contributed by atoms with Gasteiger partial charge in [0.25, 0.3) is 0 Å². The molecule has 0 N–H and O–H groups in total. The maximum Gasteiger partial charge on any atom is 0.0110 e. The summed E-state index contributed by atoms with van der Waals surface area (Å²) in [5.74, 6) is 4.75. The van der Waals surface area contributed by atoms with Crippen LogP contribution in [0.1, 0.15) is 12.8 Å². The van der Waals surface area contributed by atoms with Gasteiger partial charge in [-0.1, -0.05) is 12.2 Å². The molecular formula is C10H18S2. The van der Waals surface area contributed by atoms with Gasteiger partial charge in [0.1, 0.15) is 0 Å². The van der Waals surface area contributed by atoms with Crippen LogP contribution in [-0.4, -0.2) is 23.0 Å². The Hall–Kier alpha value is 0.180. The van der Waals surface area contributed by atoms with Gasteiger partial charge in [-0.25, -0.2) is 0 Å².